The Kier molecular flexibility index (Phi) is 42.2. The lowest BCUT2D eigenvalue weighted by atomic mass is 10.0. The van der Waals surface area contributed by atoms with Crippen molar-refractivity contribution in [3.8, 4) is 0 Å². The number of aliphatic hydroxyl groups excluding tert-OH is 2. The summed E-state index contributed by atoms with van der Waals surface area (Å²) >= 11 is 0. The molecule has 0 heterocycles. The number of unbranched alkanes of at least 4 members (excludes halogenated alkanes) is 24. The quantitative estimate of drug-likeness (QED) is 0.0250. The predicted molar refractivity (Wildman–Crippen MR) is 216 cm³/mol. The fraction of sp³-hybridized carbons (Fsp3) is 0.952. The van der Waals surface area contributed by atoms with Crippen LogP contribution in [0.3, 0.4) is 0 Å². The summed E-state index contributed by atoms with van der Waals surface area (Å²) in [5, 5.41) is 38.7. The highest BCUT2D eigenvalue weighted by atomic mass is 16.5. The van der Waals surface area contributed by atoms with Gasteiger partial charge in [-0.2, -0.15) is 0 Å². The lowest BCUT2D eigenvalue weighted by molar-refractivity contribution is -0.123. The van der Waals surface area contributed by atoms with Crippen molar-refractivity contribution in [2.24, 2.45) is 0 Å². The van der Waals surface area contributed by atoms with E-state index < -0.39 is 12.5 Å². The van der Waals surface area contributed by atoms with Crippen LogP contribution in [0.1, 0.15) is 227 Å². The van der Waals surface area contributed by atoms with Gasteiger partial charge in [0.2, 0.25) is 11.8 Å². The van der Waals surface area contributed by atoms with Gasteiger partial charge in [-0.25, -0.2) is 0 Å². The summed E-state index contributed by atoms with van der Waals surface area (Å²) in [4.78, 5) is 23.7. The molecule has 7 N–H and O–H groups in total. The first-order chi connectivity index (χ1) is 24.7. The van der Waals surface area contributed by atoms with Gasteiger partial charge in [-0.1, -0.05) is 182 Å². The van der Waals surface area contributed by atoms with Gasteiger partial charge in [-0.3, -0.25) is 20.2 Å². The summed E-state index contributed by atoms with van der Waals surface area (Å²) < 4.78 is 0. The van der Waals surface area contributed by atoms with E-state index in [1.807, 2.05) is 13.8 Å². The maximum Gasteiger partial charge on any atom is 0.221 e. The van der Waals surface area contributed by atoms with E-state index in [2.05, 4.69) is 35.1 Å². The minimum absolute atomic E-state index is 0.0415. The normalized spacial score (nSPS) is 13.0. The zero-order valence-electron chi connectivity index (χ0n) is 34.4. The van der Waals surface area contributed by atoms with Crippen molar-refractivity contribution >= 4 is 11.8 Å². The molecular formula is C42H88N4O5. The van der Waals surface area contributed by atoms with Crippen LogP contribution < -0.4 is 21.3 Å². The molecule has 0 aliphatic heterocycles. The summed E-state index contributed by atoms with van der Waals surface area (Å²) in [6.45, 7) is 10.2. The van der Waals surface area contributed by atoms with Crippen LogP contribution >= 0.6 is 0 Å². The second kappa shape index (κ2) is 41.5. The molecule has 0 rings (SSSR count). The molecule has 2 amide bonds. The van der Waals surface area contributed by atoms with Crippen LogP contribution in [0, 0.1) is 0 Å². The number of carbonyl (C=O) groups excluding carboxylic acids is 2. The molecule has 9 heteroatoms. The van der Waals surface area contributed by atoms with Crippen LogP contribution in [0.15, 0.2) is 0 Å². The van der Waals surface area contributed by atoms with Crippen LogP contribution in [0.25, 0.3) is 0 Å². The van der Waals surface area contributed by atoms with Gasteiger partial charge in [-0.15, -0.1) is 0 Å². The number of nitrogens with one attached hydrogen (secondary N) is 4. The Balaban J connectivity index is 0. The van der Waals surface area contributed by atoms with Gasteiger partial charge in [0.1, 0.15) is 6.23 Å². The van der Waals surface area contributed by atoms with E-state index in [1.165, 1.54) is 141 Å². The van der Waals surface area contributed by atoms with Gasteiger partial charge < -0.3 is 26.0 Å². The maximum atomic E-state index is 11.9. The molecule has 0 aromatic rings. The molecule has 0 fully saturated rings. The predicted octanol–water partition coefficient (Wildman–Crippen LogP) is 9.47. The van der Waals surface area contributed by atoms with Crippen molar-refractivity contribution in [2.45, 2.75) is 252 Å². The molecule has 0 aromatic heterocycles. The molecular weight excluding hydrogens is 640 g/mol. The zero-order valence-corrected chi connectivity index (χ0v) is 34.4. The van der Waals surface area contributed by atoms with Crippen LogP contribution in [-0.2, 0) is 9.59 Å². The molecule has 0 radical (unpaired) electrons. The van der Waals surface area contributed by atoms with Crippen molar-refractivity contribution < 1.29 is 24.9 Å². The Morgan fingerprint density at radius 3 is 1.02 bits per heavy atom. The Bertz CT molecular complexity index is 725. The fourth-order valence-electron chi connectivity index (χ4n) is 6.24. The topological polar surface area (TPSA) is 143 Å². The maximum absolute atomic E-state index is 11.9. The summed E-state index contributed by atoms with van der Waals surface area (Å²) in [7, 11) is 0. The standard InChI is InChI=1S/C21H44N2O3.C21H44N2O2/c1-3-5-6-7-8-9-10-11-12-13-14-15-16-17-20(24)23-19(4-2)22-18-21(25)26;1-4-6-7-8-9-10-11-12-13-14-15-16-17-18-21(25)23-20(5-2)22-19(3)24/h19,21-22,25-26H,3-18H2,1-2H3,(H,23,24);19-20,22,24H,4-18H2,1-3H3,(H,23,25). The van der Waals surface area contributed by atoms with Gasteiger partial charge in [0.05, 0.1) is 12.3 Å². The van der Waals surface area contributed by atoms with Gasteiger partial charge in [-0.05, 0) is 32.6 Å². The number of hydrogen-bond donors (Lipinski definition) is 7. The third-order valence-electron chi connectivity index (χ3n) is 9.49. The number of aliphatic hydroxyl groups is 3. The van der Waals surface area contributed by atoms with E-state index in [1.54, 1.807) is 6.92 Å². The molecule has 3 atom stereocenters. The SMILES string of the molecule is CCCCCCCCCCCCCCCC(=O)NC(CC)NC(C)O.CCCCCCCCCCCCCCCC(=O)NC(CC)NCC(O)O. The van der Waals surface area contributed by atoms with E-state index in [9.17, 15) is 14.7 Å². The number of rotatable bonds is 37. The monoisotopic (exact) mass is 729 g/mol. The average Bonchev–Trinajstić information content (AvgIpc) is 3.10. The third-order valence-corrected chi connectivity index (χ3v) is 9.49. The minimum atomic E-state index is -1.39. The van der Waals surface area contributed by atoms with Crippen molar-refractivity contribution in [1.82, 2.24) is 21.3 Å². The summed E-state index contributed by atoms with van der Waals surface area (Å²) in [6.07, 6.45) is 34.4. The van der Waals surface area contributed by atoms with Gasteiger partial charge in [0.15, 0.2) is 6.29 Å². The zero-order chi connectivity index (χ0) is 38.2. The van der Waals surface area contributed by atoms with Crippen molar-refractivity contribution in [2.75, 3.05) is 6.54 Å². The molecule has 9 nitrogen and oxygen atoms in total. The Hall–Kier alpha value is -1.26. The first-order valence-corrected chi connectivity index (χ1v) is 21.8. The van der Waals surface area contributed by atoms with Crippen molar-refractivity contribution in [3.05, 3.63) is 0 Å². The highest BCUT2D eigenvalue weighted by Crippen LogP contribution is 2.14. The second-order valence-corrected chi connectivity index (χ2v) is 14.8. The van der Waals surface area contributed by atoms with Gasteiger partial charge >= 0.3 is 0 Å². The summed E-state index contributed by atoms with van der Waals surface area (Å²) in [6, 6.07) is 0. The van der Waals surface area contributed by atoms with Gasteiger partial charge in [0.25, 0.3) is 0 Å². The first kappa shape index (κ1) is 51.8. The van der Waals surface area contributed by atoms with E-state index in [0.717, 1.165) is 38.5 Å². The molecule has 0 aromatic carbocycles. The highest BCUT2D eigenvalue weighted by Gasteiger charge is 2.12. The van der Waals surface area contributed by atoms with Crippen molar-refractivity contribution in [1.29, 1.82) is 0 Å². The van der Waals surface area contributed by atoms with Gasteiger partial charge in [0, 0.05) is 19.4 Å². The Morgan fingerprint density at radius 1 is 0.451 bits per heavy atom. The molecule has 0 aliphatic rings. The minimum Gasteiger partial charge on any atom is -0.379 e. The molecule has 0 saturated carbocycles. The highest BCUT2D eigenvalue weighted by molar-refractivity contribution is 5.76. The third kappa shape index (κ3) is 43.0. The first-order valence-electron chi connectivity index (χ1n) is 21.8. The molecule has 0 aliphatic carbocycles. The molecule has 3 unspecified atom stereocenters. The molecule has 306 valence electrons. The fourth-order valence-corrected chi connectivity index (χ4v) is 6.24. The number of hydrogen-bond acceptors (Lipinski definition) is 7. The summed E-state index contributed by atoms with van der Waals surface area (Å²) in [5.41, 5.74) is 0. The van der Waals surface area contributed by atoms with E-state index >= 15 is 0 Å². The smallest absolute Gasteiger partial charge is 0.221 e. The Labute approximate surface area is 316 Å². The van der Waals surface area contributed by atoms with E-state index in [4.69, 9.17) is 10.2 Å². The van der Waals surface area contributed by atoms with Crippen LogP contribution in [0.2, 0.25) is 0 Å². The number of carbonyl (C=O) groups is 2. The average molecular weight is 729 g/mol. The lowest BCUT2D eigenvalue weighted by Crippen LogP contribution is -2.48. The van der Waals surface area contributed by atoms with Crippen LogP contribution in [-0.4, -0.2) is 58.5 Å². The Morgan fingerprint density at radius 2 is 0.745 bits per heavy atom. The summed E-state index contributed by atoms with van der Waals surface area (Å²) in [5.74, 6) is 0.128. The van der Waals surface area contributed by atoms with Crippen LogP contribution in [0.5, 0.6) is 0 Å². The van der Waals surface area contributed by atoms with Crippen LogP contribution in [0.4, 0.5) is 0 Å². The van der Waals surface area contributed by atoms with E-state index in [-0.39, 0.29) is 30.7 Å². The largest absolute Gasteiger partial charge is 0.379 e. The van der Waals surface area contributed by atoms with E-state index in [0.29, 0.717) is 12.8 Å². The van der Waals surface area contributed by atoms with Crippen molar-refractivity contribution in [3.63, 3.8) is 0 Å². The number of amides is 2. The molecule has 0 saturated heterocycles. The second-order valence-electron chi connectivity index (χ2n) is 14.8. The molecule has 0 bridgehead atoms. The lowest BCUT2D eigenvalue weighted by Gasteiger charge is -2.20. The molecule has 0 spiro atoms. The molecule has 51 heavy (non-hydrogen) atoms.